The van der Waals surface area contributed by atoms with Crippen LogP contribution in [0.3, 0.4) is 0 Å². The summed E-state index contributed by atoms with van der Waals surface area (Å²) in [5.41, 5.74) is 1.16. The van der Waals surface area contributed by atoms with Crippen LogP contribution >= 0.6 is 11.6 Å². The van der Waals surface area contributed by atoms with Crippen molar-refractivity contribution in [3.05, 3.63) is 53.1 Å². The van der Waals surface area contributed by atoms with E-state index in [9.17, 15) is 9.59 Å². The number of hydrogen-bond donors (Lipinski definition) is 2. The molecule has 1 fully saturated rings. The molecule has 0 unspecified atom stereocenters. The molecule has 32 heavy (non-hydrogen) atoms. The highest BCUT2D eigenvalue weighted by atomic mass is 35.5. The summed E-state index contributed by atoms with van der Waals surface area (Å²) in [5, 5.41) is 6.55. The van der Waals surface area contributed by atoms with Gasteiger partial charge >= 0.3 is 0 Å². The van der Waals surface area contributed by atoms with Gasteiger partial charge in [-0.1, -0.05) is 23.7 Å². The van der Waals surface area contributed by atoms with E-state index in [-0.39, 0.29) is 18.4 Å². The molecule has 1 saturated heterocycles. The normalized spacial score (nSPS) is 17.6. The minimum absolute atomic E-state index is 0.134. The molecule has 2 aliphatic heterocycles. The first-order valence-corrected chi connectivity index (χ1v) is 10.7. The average Bonchev–Trinajstić information content (AvgIpc) is 3.12. The molecule has 2 aromatic carbocycles. The SMILES string of the molecule is COc1ccc(NC(=O)CN2CCC3(CC2)N=C(c2ccc(Cl)cc2)C(=O)N3)c(OC)c1. The van der Waals surface area contributed by atoms with E-state index in [4.69, 9.17) is 26.1 Å². The van der Waals surface area contributed by atoms with Gasteiger partial charge in [0.15, 0.2) is 0 Å². The van der Waals surface area contributed by atoms with Crippen molar-refractivity contribution in [3.63, 3.8) is 0 Å². The van der Waals surface area contributed by atoms with E-state index in [2.05, 4.69) is 15.5 Å². The van der Waals surface area contributed by atoms with Gasteiger partial charge in [0.25, 0.3) is 5.91 Å². The van der Waals surface area contributed by atoms with E-state index in [1.54, 1.807) is 56.7 Å². The standard InChI is InChI=1S/C23H25ClN4O4/c1-31-17-7-8-18(19(13-17)32-2)25-20(29)14-28-11-9-23(10-12-28)26-21(22(30)27-23)15-3-5-16(24)6-4-15/h3-8,13H,9-12,14H2,1-2H3,(H,25,29)(H,27,30). The minimum atomic E-state index is -0.613. The highest BCUT2D eigenvalue weighted by Crippen LogP contribution is 2.30. The lowest BCUT2D eigenvalue weighted by atomic mass is 9.98. The van der Waals surface area contributed by atoms with Crippen molar-refractivity contribution >= 4 is 34.8 Å². The lowest BCUT2D eigenvalue weighted by molar-refractivity contribution is -0.119. The fourth-order valence-corrected chi connectivity index (χ4v) is 4.11. The van der Waals surface area contributed by atoms with Crippen LogP contribution in [0.25, 0.3) is 0 Å². The van der Waals surface area contributed by atoms with Crippen LogP contribution in [0, 0.1) is 0 Å². The average molecular weight is 457 g/mol. The highest BCUT2D eigenvalue weighted by Gasteiger charge is 2.42. The number of hydrogen-bond acceptors (Lipinski definition) is 6. The van der Waals surface area contributed by atoms with Crippen LogP contribution in [0.15, 0.2) is 47.5 Å². The third-order valence-electron chi connectivity index (χ3n) is 5.74. The van der Waals surface area contributed by atoms with Crippen molar-refractivity contribution < 1.29 is 19.1 Å². The Bertz CT molecular complexity index is 1050. The number of ether oxygens (including phenoxy) is 2. The Labute approximate surface area is 191 Å². The molecule has 2 amide bonds. The van der Waals surface area contributed by atoms with E-state index in [1.165, 1.54) is 0 Å². The number of anilines is 1. The Morgan fingerprint density at radius 2 is 1.88 bits per heavy atom. The van der Waals surface area contributed by atoms with Crippen LogP contribution in [0.5, 0.6) is 11.5 Å². The van der Waals surface area contributed by atoms with Gasteiger partial charge in [0.2, 0.25) is 5.91 Å². The van der Waals surface area contributed by atoms with Gasteiger partial charge in [0.05, 0.1) is 26.5 Å². The summed E-state index contributed by atoms with van der Waals surface area (Å²) in [6, 6.07) is 12.3. The second-order valence-electron chi connectivity index (χ2n) is 7.84. The van der Waals surface area contributed by atoms with Crippen LogP contribution in [-0.4, -0.2) is 61.9 Å². The van der Waals surface area contributed by atoms with Crippen LogP contribution in [-0.2, 0) is 9.59 Å². The van der Waals surface area contributed by atoms with Gasteiger partial charge in [-0.05, 0) is 24.3 Å². The van der Waals surface area contributed by atoms with Crippen molar-refractivity contribution in [2.45, 2.75) is 18.5 Å². The van der Waals surface area contributed by atoms with Gasteiger partial charge in [-0.15, -0.1) is 0 Å². The molecule has 0 atom stereocenters. The number of carbonyl (C=O) groups is 2. The topological polar surface area (TPSA) is 92.3 Å². The molecule has 9 heteroatoms. The van der Waals surface area contributed by atoms with E-state index in [1.807, 2.05) is 0 Å². The second-order valence-corrected chi connectivity index (χ2v) is 8.28. The van der Waals surface area contributed by atoms with E-state index >= 15 is 0 Å². The highest BCUT2D eigenvalue weighted by molar-refractivity contribution is 6.47. The molecule has 2 heterocycles. The fraction of sp³-hybridized carbons (Fsp3) is 0.348. The minimum Gasteiger partial charge on any atom is -0.497 e. The van der Waals surface area contributed by atoms with Crippen molar-refractivity contribution in [2.75, 3.05) is 39.2 Å². The third-order valence-corrected chi connectivity index (χ3v) is 5.99. The van der Waals surface area contributed by atoms with Gasteiger partial charge < -0.3 is 20.1 Å². The molecular formula is C23H25ClN4O4. The fourth-order valence-electron chi connectivity index (χ4n) is 3.98. The molecule has 2 aliphatic rings. The Balaban J connectivity index is 1.35. The van der Waals surface area contributed by atoms with Crippen molar-refractivity contribution in [1.29, 1.82) is 0 Å². The number of benzene rings is 2. The summed E-state index contributed by atoms with van der Waals surface area (Å²) in [6.45, 7) is 1.53. The third kappa shape index (κ3) is 4.71. The lowest BCUT2D eigenvalue weighted by Crippen LogP contribution is -2.52. The van der Waals surface area contributed by atoms with Crippen LogP contribution in [0.2, 0.25) is 5.02 Å². The van der Waals surface area contributed by atoms with Gasteiger partial charge in [-0.3, -0.25) is 19.5 Å². The summed E-state index contributed by atoms with van der Waals surface area (Å²) in [7, 11) is 3.12. The predicted molar refractivity (Wildman–Crippen MR) is 123 cm³/mol. The number of nitrogens with one attached hydrogen (secondary N) is 2. The molecule has 0 saturated carbocycles. The Morgan fingerprint density at radius 3 is 2.53 bits per heavy atom. The molecule has 168 valence electrons. The van der Waals surface area contributed by atoms with Gasteiger partial charge in [0.1, 0.15) is 22.9 Å². The van der Waals surface area contributed by atoms with Crippen molar-refractivity contribution in [3.8, 4) is 11.5 Å². The quantitative estimate of drug-likeness (QED) is 0.697. The predicted octanol–water partition coefficient (Wildman–Crippen LogP) is 2.71. The number of amides is 2. The molecule has 2 N–H and O–H groups in total. The Kier molecular flexibility index (Phi) is 6.34. The smallest absolute Gasteiger partial charge is 0.272 e. The lowest BCUT2D eigenvalue weighted by Gasteiger charge is -2.36. The largest absolute Gasteiger partial charge is 0.497 e. The van der Waals surface area contributed by atoms with E-state index in [0.29, 0.717) is 53.9 Å². The number of likely N-dealkylation sites (tertiary alicyclic amines) is 1. The summed E-state index contributed by atoms with van der Waals surface area (Å²) >= 11 is 5.94. The number of piperidine rings is 1. The summed E-state index contributed by atoms with van der Waals surface area (Å²) in [6.07, 6.45) is 1.27. The summed E-state index contributed by atoms with van der Waals surface area (Å²) < 4.78 is 10.5. The van der Waals surface area contributed by atoms with Crippen LogP contribution in [0.4, 0.5) is 5.69 Å². The number of halogens is 1. The Morgan fingerprint density at radius 1 is 1.16 bits per heavy atom. The maximum Gasteiger partial charge on any atom is 0.272 e. The number of rotatable bonds is 6. The number of aliphatic imine (C=N–C) groups is 1. The molecule has 2 aromatic rings. The first-order chi connectivity index (χ1) is 15.4. The molecule has 0 aliphatic carbocycles. The molecular weight excluding hydrogens is 432 g/mol. The van der Waals surface area contributed by atoms with Crippen molar-refractivity contribution in [1.82, 2.24) is 10.2 Å². The molecule has 0 aromatic heterocycles. The maximum absolute atomic E-state index is 12.6. The second kappa shape index (κ2) is 9.18. The molecule has 1 spiro atoms. The van der Waals surface area contributed by atoms with Gasteiger partial charge in [-0.25, -0.2) is 0 Å². The van der Waals surface area contributed by atoms with Crippen LogP contribution < -0.4 is 20.1 Å². The molecule has 0 radical (unpaired) electrons. The molecule has 8 nitrogen and oxygen atoms in total. The summed E-state index contributed by atoms with van der Waals surface area (Å²) in [4.78, 5) is 31.9. The van der Waals surface area contributed by atoms with Crippen LogP contribution in [0.1, 0.15) is 18.4 Å². The zero-order valence-electron chi connectivity index (χ0n) is 18.0. The molecule has 4 rings (SSSR count). The Hall–Kier alpha value is -3.10. The maximum atomic E-state index is 12.6. The zero-order chi connectivity index (χ0) is 22.7. The molecule has 0 bridgehead atoms. The van der Waals surface area contributed by atoms with Gasteiger partial charge in [0, 0.05) is 42.6 Å². The number of nitrogens with zero attached hydrogens (tertiary/aromatic N) is 2. The zero-order valence-corrected chi connectivity index (χ0v) is 18.7. The first kappa shape index (κ1) is 22.1. The van der Waals surface area contributed by atoms with Crippen molar-refractivity contribution in [2.24, 2.45) is 4.99 Å². The first-order valence-electron chi connectivity index (χ1n) is 10.3. The summed E-state index contributed by atoms with van der Waals surface area (Å²) in [5.74, 6) is 0.877. The monoisotopic (exact) mass is 456 g/mol. The number of carbonyl (C=O) groups excluding carboxylic acids is 2. The van der Waals surface area contributed by atoms with Gasteiger partial charge in [-0.2, -0.15) is 0 Å². The van der Waals surface area contributed by atoms with E-state index in [0.717, 1.165) is 5.56 Å². The van der Waals surface area contributed by atoms with E-state index < -0.39 is 5.66 Å². The number of methoxy groups -OCH3 is 2.